The smallest absolute Gasteiger partial charge is 0.332 e. The van der Waals surface area contributed by atoms with Gasteiger partial charge in [-0.3, -0.25) is 4.79 Å². The van der Waals surface area contributed by atoms with E-state index in [2.05, 4.69) is 5.32 Å². The summed E-state index contributed by atoms with van der Waals surface area (Å²) >= 11 is 1.40. The molecule has 27 heavy (non-hydrogen) atoms. The minimum Gasteiger partial charge on any atom is -0.454 e. The highest BCUT2D eigenvalue weighted by molar-refractivity contribution is 8.02. The zero-order valence-electron chi connectivity index (χ0n) is 14.7. The normalized spacial score (nSPS) is 13.4. The highest BCUT2D eigenvalue weighted by Crippen LogP contribution is 2.32. The summed E-state index contributed by atoms with van der Waals surface area (Å²) in [5.41, 5.74) is 0.866. The molecule has 1 atom stereocenters. The predicted octanol–water partition coefficient (Wildman–Crippen LogP) is 3.27. The van der Waals surface area contributed by atoms with Crippen LogP contribution in [0.15, 0.2) is 64.9 Å². The fourth-order valence-electron chi connectivity index (χ4n) is 2.32. The van der Waals surface area contributed by atoms with Crippen molar-refractivity contribution in [3.8, 4) is 11.5 Å². The van der Waals surface area contributed by atoms with E-state index in [1.807, 2.05) is 42.5 Å². The minimum absolute atomic E-state index is 0.203. The molecule has 140 valence electrons. The van der Waals surface area contributed by atoms with E-state index in [1.165, 1.54) is 24.8 Å². The third-order valence-electron chi connectivity index (χ3n) is 3.72. The molecule has 6 nitrogen and oxygen atoms in total. The lowest BCUT2D eigenvalue weighted by atomic mass is 10.2. The summed E-state index contributed by atoms with van der Waals surface area (Å²) in [6, 6.07) is 15.1. The Hall–Kier alpha value is -2.93. The van der Waals surface area contributed by atoms with Gasteiger partial charge in [-0.15, -0.1) is 0 Å². The lowest BCUT2D eigenvalue weighted by Crippen LogP contribution is -2.35. The first-order valence-corrected chi connectivity index (χ1v) is 9.25. The van der Waals surface area contributed by atoms with Crippen LogP contribution in [0.2, 0.25) is 0 Å². The fraction of sp³-hybridized carbons (Fsp3) is 0.200. The molecule has 0 saturated heterocycles. The van der Waals surface area contributed by atoms with Crippen LogP contribution in [0.5, 0.6) is 11.5 Å². The highest BCUT2D eigenvalue weighted by atomic mass is 32.2. The standard InChI is InChI=1S/C20H19NO5S/c1-14(26-19(22)9-10-27-16-5-3-2-4-6-16)20(23)21-12-15-7-8-17-18(11-15)25-13-24-17/h2-11,14H,12-13H2,1H3,(H,21,23)/b10-9+/t14-/m0/s1. The number of benzene rings is 2. The molecule has 0 aliphatic carbocycles. The van der Waals surface area contributed by atoms with Gasteiger partial charge >= 0.3 is 5.97 Å². The van der Waals surface area contributed by atoms with Crippen LogP contribution in [-0.2, 0) is 20.9 Å². The number of ether oxygens (including phenoxy) is 3. The van der Waals surface area contributed by atoms with E-state index in [0.717, 1.165) is 10.5 Å². The maximum absolute atomic E-state index is 12.1. The maximum atomic E-state index is 12.1. The molecule has 0 bridgehead atoms. The molecule has 1 amide bonds. The zero-order chi connectivity index (χ0) is 19.1. The average molecular weight is 385 g/mol. The van der Waals surface area contributed by atoms with Crippen LogP contribution in [0.25, 0.3) is 0 Å². The molecule has 0 radical (unpaired) electrons. The van der Waals surface area contributed by atoms with Crippen LogP contribution in [0.3, 0.4) is 0 Å². The monoisotopic (exact) mass is 385 g/mol. The van der Waals surface area contributed by atoms with Gasteiger partial charge in [0.1, 0.15) is 0 Å². The Kier molecular flexibility index (Phi) is 6.38. The topological polar surface area (TPSA) is 73.9 Å². The molecule has 1 aliphatic rings. The average Bonchev–Trinajstić information content (AvgIpc) is 3.14. The third-order valence-corrected chi connectivity index (χ3v) is 4.53. The molecule has 1 aliphatic heterocycles. The molecule has 0 unspecified atom stereocenters. The predicted molar refractivity (Wildman–Crippen MR) is 101 cm³/mol. The van der Waals surface area contributed by atoms with Crippen molar-refractivity contribution in [2.24, 2.45) is 0 Å². The van der Waals surface area contributed by atoms with Gasteiger partial charge in [-0.2, -0.15) is 0 Å². The van der Waals surface area contributed by atoms with Crippen molar-refractivity contribution < 1.29 is 23.8 Å². The Morgan fingerprint density at radius 1 is 1.19 bits per heavy atom. The number of nitrogens with one attached hydrogen (secondary N) is 1. The summed E-state index contributed by atoms with van der Waals surface area (Å²) in [6.45, 7) is 2.04. The van der Waals surface area contributed by atoms with Gasteiger partial charge in [0.05, 0.1) is 0 Å². The molecule has 0 saturated carbocycles. The molecule has 0 aromatic heterocycles. The van der Waals surface area contributed by atoms with E-state index in [0.29, 0.717) is 18.0 Å². The highest BCUT2D eigenvalue weighted by Gasteiger charge is 2.17. The quantitative estimate of drug-likeness (QED) is 0.448. The molecular weight excluding hydrogens is 366 g/mol. The molecule has 7 heteroatoms. The van der Waals surface area contributed by atoms with Crippen LogP contribution >= 0.6 is 11.8 Å². The summed E-state index contributed by atoms with van der Waals surface area (Å²) < 4.78 is 15.7. The number of fused-ring (bicyclic) bond motifs is 1. The van der Waals surface area contributed by atoms with Crippen molar-refractivity contribution in [1.82, 2.24) is 5.32 Å². The number of hydrogen-bond donors (Lipinski definition) is 1. The Labute approximate surface area is 161 Å². The van der Waals surface area contributed by atoms with E-state index in [4.69, 9.17) is 14.2 Å². The molecular formula is C20H19NO5S. The lowest BCUT2D eigenvalue weighted by Gasteiger charge is -2.12. The second kappa shape index (κ2) is 9.14. The Balaban J connectivity index is 1.42. The van der Waals surface area contributed by atoms with Crippen molar-refractivity contribution in [3.63, 3.8) is 0 Å². The van der Waals surface area contributed by atoms with Gasteiger partial charge in [0.25, 0.3) is 5.91 Å². The van der Waals surface area contributed by atoms with E-state index < -0.39 is 12.1 Å². The van der Waals surface area contributed by atoms with Crippen LogP contribution in [0.4, 0.5) is 0 Å². The van der Waals surface area contributed by atoms with Gasteiger partial charge in [-0.25, -0.2) is 4.79 Å². The van der Waals surface area contributed by atoms with Crippen molar-refractivity contribution in [3.05, 3.63) is 65.6 Å². The maximum Gasteiger partial charge on any atom is 0.332 e. The van der Waals surface area contributed by atoms with Gasteiger partial charge in [0.2, 0.25) is 6.79 Å². The molecule has 0 spiro atoms. The summed E-state index contributed by atoms with van der Waals surface area (Å²) in [5, 5.41) is 4.37. The van der Waals surface area contributed by atoms with Crippen molar-refractivity contribution in [2.45, 2.75) is 24.5 Å². The number of thioether (sulfide) groups is 1. The van der Waals surface area contributed by atoms with Gasteiger partial charge in [0, 0.05) is 17.5 Å². The first-order chi connectivity index (χ1) is 13.1. The summed E-state index contributed by atoms with van der Waals surface area (Å²) in [5.74, 6) is 0.407. The first-order valence-electron chi connectivity index (χ1n) is 8.37. The fourth-order valence-corrected chi connectivity index (χ4v) is 2.97. The van der Waals surface area contributed by atoms with Gasteiger partial charge in [-0.1, -0.05) is 36.0 Å². The van der Waals surface area contributed by atoms with Crippen LogP contribution in [0, 0.1) is 0 Å². The molecule has 3 rings (SSSR count). The van der Waals surface area contributed by atoms with E-state index in [-0.39, 0.29) is 12.7 Å². The number of carbonyl (C=O) groups is 2. The lowest BCUT2D eigenvalue weighted by molar-refractivity contribution is -0.150. The largest absolute Gasteiger partial charge is 0.454 e. The second-order valence-electron chi connectivity index (χ2n) is 5.72. The molecule has 1 N–H and O–H groups in total. The van der Waals surface area contributed by atoms with E-state index >= 15 is 0 Å². The summed E-state index contributed by atoms with van der Waals surface area (Å²) in [7, 11) is 0. The first kappa shape index (κ1) is 18.8. The Bertz CT molecular complexity index is 838. The minimum atomic E-state index is -0.891. The number of rotatable bonds is 7. The third kappa shape index (κ3) is 5.52. The number of hydrogen-bond acceptors (Lipinski definition) is 6. The Morgan fingerprint density at radius 2 is 1.96 bits per heavy atom. The number of esters is 1. The van der Waals surface area contributed by atoms with Crippen LogP contribution in [-0.4, -0.2) is 24.8 Å². The second-order valence-corrected chi connectivity index (χ2v) is 6.70. The van der Waals surface area contributed by atoms with Gasteiger partial charge < -0.3 is 19.5 Å². The van der Waals surface area contributed by atoms with E-state index in [9.17, 15) is 9.59 Å². The van der Waals surface area contributed by atoms with Crippen molar-refractivity contribution in [1.29, 1.82) is 0 Å². The number of amides is 1. The molecule has 2 aromatic carbocycles. The van der Waals surface area contributed by atoms with Gasteiger partial charge in [-0.05, 0) is 42.2 Å². The SMILES string of the molecule is C[C@H](OC(=O)/C=C/Sc1ccccc1)C(=O)NCc1ccc2c(c1)OCO2. The van der Waals surface area contributed by atoms with Gasteiger partial charge in [0.15, 0.2) is 17.6 Å². The molecule has 1 heterocycles. The summed E-state index contributed by atoms with van der Waals surface area (Å²) in [6.07, 6.45) is 0.414. The zero-order valence-corrected chi connectivity index (χ0v) is 15.5. The van der Waals surface area contributed by atoms with Crippen LogP contribution in [0.1, 0.15) is 12.5 Å². The van der Waals surface area contributed by atoms with Crippen LogP contribution < -0.4 is 14.8 Å². The van der Waals surface area contributed by atoms with Crippen molar-refractivity contribution in [2.75, 3.05) is 6.79 Å². The number of carbonyl (C=O) groups excluding carboxylic acids is 2. The molecule has 2 aromatic rings. The van der Waals surface area contributed by atoms with E-state index in [1.54, 1.807) is 11.5 Å². The summed E-state index contributed by atoms with van der Waals surface area (Å²) in [4.78, 5) is 24.9. The van der Waals surface area contributed by atoms with Crippen molar-refractivity contribution >= 4 is 23.6 Å². The molecule has 0 fully saturated rings. The Morgan fingerprint density at radius 3 is 2.78 bits per heavy atom.